The van der Waals surface area contributed by atoms with Gasteiger partial charge in [-0.2, -0.15) is 0 Å². The van der Waals surface area contributed by atoms with Crippen LogP contribution in [0.5, 0.6) is 0 Å². The van der Waals surface area contributed by atoms with Gasteiger partial charge in [0.05, 0.1) is 12.0 Å². The summed E-state index contributed by atoms with van der Waals surface area (Å²) in [5.74, 6) is -1.33. The van der Waals surface area contributed by atoms with Crippen LogP contribution in [-0.2, 0) is 14.4 Å². The van der Waals surface area contributed by atoms with E-state index < -0.39 is 17.2 Å². The number of likely N-dealkylation sites (tertiary alicyclic amines) is 1. The molecule has 1 fully saturated rings. The summed E-state index contributed by atoms with van der Waals surface area (Å²) in [4.78, 5) is 36.6. The zero-order valence-electron chi connectivity index (χ0n) is 13.3. The highest BCUT2D eigenvalue weighted by atomic mass is 16.5. The van der Waals surface area contributed by atoms with Gasteiger partial charge in [0.1, 0.15) is 0 Å². The van der Waals surface area contributed by atoms with E-state index in [2.05, 4.69) is 6.92 Å². The molecule has 0 aliphatic carbocycles. The number of nitrogens with zero attached hydrogens (tertiary/aromatic N) is 1. The maximum atomic E-state index is 12.6. The molecule has 0 aromatic heterocycles. The van der Waals surface area contributed by atoms with Crippen LogP contribution in [0.25, 0.3) is 0 Å². The molecule has 3 amide bonds. The lowest BCUT2D eigenvalue weighted by Crippen LogP contribution is -2.41. The van der Waals surface area contributed by atoms with E-state index in [-0.39, 0.29) is 18.9 Å². The molecule has 126 valence electrons. The molecular weight excluding hydrogens is 286 g/mol. The Morgan fingerprint density at radius 1 is 1.32 bits per heavy atom. The van der Waals surface area contributed by atoms with Crippen molar-refractivity contribution in [2.75, 3.05) is 13.1 Å². The first-order valence-corrected chi connectivity index (χ1v) is 7.96. The molecule has 1 unspecified atom stereocenters. The number of hydrogen-bond donors (Lipinski definition) is 3. The van der Waals surface area contributed by atoms with Gasteiger partial charge in [0.2, 0.25) is 17.7 Å². The molecule has 0 aromatic rings. The molecule has 7 heteroatoms. The third kappa shape index (κ3) is 4.98. The minimum absolute atomic E-state index is 0.0502. The van der Waals surface area contributed by atoms with Crippen LogP contribution in [0.15, 0.2) is 0 Å². The van der Waals surface area contributed by atoms with E-state index >= 15 is 0 Å². The highest BCUT2D eigenvalue weighted by Crippen LogP contribution is 2.40. The van der Waals surface area contributed by atoms with Crippen LogP contribution in [0, 0.1) is 5.41 Å². The summed E-state index contributed by atoms with van der Waals surface area (Å²) in [5, 5.41) is 8.75. The van der Waals surface area contributed by atoms with E-state index in [4.69, 9.17) is 10.9 Å². The minimum atomic E-state index is -0.811. The number of rotatable bonds is 10. The predicted octanol–water partition coefficient (Wildman–Crippen LogP) is 0.946. The van der Waals surface area contributed by atoms with Crippen LogP contribution in [0.2, 0.25) is 0 Å². The molecule has 22 heavy (non-hydrogen) atoms. The molecule has 0 bridgehead atoms. The van der Waals surface area contributed by atoms with Crippen molar-refractivity contribution in [2.24, 2.45) is 11.1 Å². The standard InChI is InChI=1S/C15H27N3O4/c1-2-3-4-5-6-7-15(10-13(20)17-22)8-9-18(14(15)21)11-12(16)19/h22H,2-11H2,1H3,(H2,16,19)(H,17,20). The molecule has 1 aliphatic rings. The van der Waals surface area contributed by atoms with E-state index in [0.717, 1.165) is 32.1 Å². The van der Waals surface area contributed by atoms with E-state index in [1.165, 1.54) is 4.90 Å². The maximum Gasteiger partial charge on any atom is 0.244 e. The van der Waals surface area contributed by atoms with Gasteiger partial charge in [-0.1, -0.05) is 39.0 Å². The van der Waals surface area contributed by atoms with Gasteiger partial charge in [-0.15, -0.1) is 0 Å². The fourth-order valence-electron chi connectivity index (χ4n) is 3.13. The summed E-state index contributed by atoms with van der Waals surface area (Å²) in [7, 11) is 0. The average Bonchev–Trinajstić information content (AvgIpc) is 2.76. The Morgan fingerprint density at radius 3 is 2.59 bits per heavy atom. The van der Waals surface area contributed by atoms with Crippen molar-refractivity contribution < 1.29 is 19.6 Å². The molecular formula is C15H27N3O4. The second-order valence-electron chi connectivity index (χ2n) is 6.10. The first-order chi connectivity index (χ1) is 10.4. The fourth-order valence-corrected chi connectivity index (χ4v) is 3.13. The number of nitrogens with one attached hydrogen (secondary N) is 1. The van der Waals surface area contributed by atoms with Gasteiger partial charge < -0.3 is 10.6 Å². The zero-order valence-corrected chi connectivity index (χ0v) is 13.3. The molecule has 4 N–H and O–H groups in total. The summed E-state index contributed by atoms with van der Waals surface area (Å²) >= 11 is 0. The first kappa shape index (κ1) is 18.4. The van der Waals surface area contributed by atoms with Crippen molar-refractivity contribution in [3.63, 3.8) is 0 Å². The van der Waals surface area contributed by atoms with Crippen LogP contribution in [0.1, 0.15) is 58.3 Å². The number of unbranched alkanes of at least 4 members (excludes halogenated alkanes) is 4. The van der Waals surface area contributed by atoms with Gasteiger partial charge >= 0.3 is 0 Å². The lowest BCUT2D eigenvalue weighted by molar-refractivity contribution is -0.143. The summed E-state index contributed by atoms with van der Waals surface area (Å²) < 4.78 is 0. The average molecular weight is 313 g/mol. The Morgan fingerprint density at radius 2 is 2.00 bits per heavy atom. The Hall–Kier alpha value is -1.63. The van der Waals surface area contributed by atoms with Gasteiger partial charge in [0.25, 0.3) is 0 Å². The van der Waals surface area contributed by atoms with Gasteiger partial charge in [0.15, 0.2) is 0 Å². The van der Waals surface area contributed by atoms with Crippen molar-refractivity contribution in [1.29, 1.82) is 0 Å². The summed E-state index contributed by atoms with van der Waals surface area (Å²) in [6, 6.07) is 0. The number of nitrogens with two attached hydrogens (primary N) is 1. The van der Waals surface area contributed by atoms with Gasteiger partial charge in [-0.05, 0) is 12.8 Å². The smallest absolute Gasteiger partial charge is 0.244 e. The lowest BCUT2D eigenvalue weighted by atomic mass is 9.77. The molecule has 7 nitrogen and oxygen atoms in total. The van der Waals surface area contributed by atoms with Gasteiger partial charge in [0, 0.05) is 13.0 Å². The number of primary amides is 1. The van der Waals surface area contributed by atoms with Gasteiger partial charge in [-0.25, -0.2) is 5.48 Å². The van der Waals surface area contributed by atoms with Crippen molar-refractivity contribution in [3.8, 4) is 0 Å². The monoisotopic (exact) mass is 313 g/mol. The molecule has 0 radical (unpaired) electrons. The Balaban J connectivity index is 2.69. The second-order valence-corrected chi connectivity index (χ2v) is 6.10. The first-order valence-electron chi connectivity index (χ1n) is 7.96. The molecule has 1 atom stereocenters. The molecule has 0 saturated carbocycles. The van der Waals surface area contributed by atoms with Gasteiger partial charge in [-0.3, -0.25) is 19.6 Å². The Labute approximate surface area is 131 Å². The molecule has 1 saturated heterocycles. The number of hydrogen-bond acceptors (Lipinski definition) is 4. The number of carbonyl (C=O) groups excluding carboxylic acids is 3. The third-order valence-corrected chi connectivity index (χ3v) is 4.33. The fraction of sp³-hybridized carbons (Fsp3) is 0.800. The molecule has 0 spiro atoms. The molecule has 1 heterocycles. The van der Waals surface area contributed by atoms with E-state index in [1.54, 1.807) is 5.48 Å². The SMILES string of the molecule is CCCCCCCC1(CC(=O)NO)CCN(CC(N)=O)C1=O. The number of carbonyl (C=O) groups is 3. The van der Waals surface area contributed by atoms with E-state index in [0.29, 0.717) is 19.4 Å². The zero-order chi connectivity index (χ0) is 16.6. The topological polar surface area (TPSA) is 113 Å². The number of hydroxylamine groups is 1. The van der Waals surface area contributed by atoms with Crippen LogP contribution >= 0.6 is 0 Å². The highest BCUT2D eigenvalue weighted by molar-refractivity contribution is 5.92. The minimum Gasteiger partial charge on any atom is -0.368 e. The normalized spacial score (nSPS) is 21.2. The predicted molar refractivity (Wildman–Crippen MR) is 80.7 cm³/mol. The van der Waals surface area contributed by atoms with Crippen molar-refractivity contribution in [3.05, 3.63) is 0 Å². The maximum absolute atomic E-state index is 12.6. The largest absolute Gasteiger partial charge is 0.368 e. The summed E-state index contributed by atoms with van der Waals surface area (Å²) in [5.41, 5.74) is 5.94. The Bertz CT molecular complexity index is 414. The quantitative estimate of drug-likeness (QED) is 0.316. The number of amides is 3. The van der Waals surface area contributed by atoms with Crippen LogP contribution in [-0.4, -0.2) is 40.9 Å². The van der Waals surface area contributed by atoms with E-state index in [1.807, 2.05) is 0 Å². The Kier molecular flexibility index (Phi) is 7.31. The highest BCUT2D eigenvalue weighted by Gasteiger charge is 2.47. The van der Waals surface area contributed by atoms with Crippen LogP contribution in [0.3, 0.4) is 0 Å². The van der Waals surface area contributed by atoms with Crippen LogP contribution < -0.4 is 11.2 Å². The van der Waals surface area contributed by atoms with Crippen molar-refractivity contribution in [1.82, 2.24) is 10.4 Å². The molecule has 0 aromatic carbocycles. The summed E-state index contributed by atoms with van der Waals surface area (Å²) in [6.07, 6.45) is 6.34. The third-order valence-electron chi connectivity index (χ3n) is 4.33. The lowest BCUT2D eigenvalue weighted by Gasteiger charge is -2.26. The van der Waals surface area contributed by atoms with Crippen molar-refractivity contribution in [2.45, 2.75) is 58.3 Å². The molecule has 1 aliphatic heterocycles. The van der Waals surface area contributed by atoms with Crippen LogP contribution in [0.4, 0.5) is 0 Å². The summed E-state index contributed by atoms with van der Waals surface area (Å²) in [6.45, 7) is 2.45. The second kappa shape index (κ2) is 8.73. The van der Waals surface area contributed by atoms with Crippen molar-refractivity contribution >= 4 is 17.7 Å². The van der Waals surface area contributed by atoms with E-state index in [9.17, 15) is 14.4 Å². The molecule has 1 rings (SSSR count).